The van der Waals surface area contributed by atoms with Crippen LogP contribution in [-0.4, -0.2) is 27.3 Å². The highest BCUT2D eigenvalue weighted by Gasteiger charge is 2.17. The number of nitrogens with zero attached hydrogens (tertiary/aromatic N) is 2. The third kappa shape index (κ3) is 2.25. The first kappa shape index (κ1) is 11.7. The Morgan fingerprint density at radius 1 is 1.33 bits per heavy atom. The Morgan fingerprint density at radius 3 is 2.89 bits per heavy atom. The van der Waals surface area contributed by atoms with Crippen LogP contribution in [0.1, 0.15) is 12.1 Å². The van der Waals surface area contributed by atoms with Gasteiger partial charge in [0.15, 0.2) is 0 Å². The molecule has 2 aromatic rings. The van der Waals surface area contributed by atoms with Crippen LogP contribution in [0.5, 0.6) is 0 Å². The Kier molecular flexibility index (Phi) is 3.28. The molecular weight excluding hydrogens is 242 g/mol. The fourth-order valence-electron chi connectivity index (χ4n) is 2.25. The highest BCUT2D eigenvalue weighted by molar-refractivity contribution is 7.99. The average Bonchev–Trinajstić information content (AvgIpc) is 3.03. The molecule has 18 heavy (non-hydrogen) atoms. The molecule has 3 nitrogen and oxygen atoms in total. The summed E-state index contributed by atoms with van der Waals surface area (Å²) in [6, 6.07) is 10.9. The number of rotatable bonds is 3. The van der Waals surface area contributed by atoms with Gasteiger partial charge in [-0.15, -0.1) is 0 Å². The van der Waals surface area contributed by atoms with Gasteiger partial charge in [0.05, 0.1) is 23.3 Å². The van der Waals surface area contributed by atoms with E-state index in [1.54, 1.807) is 0 Å². The van der Waals surface area contributed by atoms with Gasteiger partial charge in [0, 0.05) is 11.8 Å². The van der Waals surface area contributed by atoms with Crippen LogP contribution in [0.15, 0.2) is 36.5 Å². The average molecular weight is 259 g/mol. The molecule has 1 N–H and O–H groups in total. The van der Waals surface area contributed by atoms with Gasteiger partial charge in [0.1, 0.15) is 0 Å². The second-order valence-corrected chi connectivity index (χ2v) is 5.75. The molecule has 1 fully saturated rings. The fraction of sp³-hybridized carbons (Fsp3) is 0.357. The molecular formula is C14H17N3S. The van der Waals surface area contributed by atoms with E-state index in [0.717, 1.165) is 11.4 Å². The Bertz CT molecular complexity index is 515. The van der Waals surface area contributed by atoms with Gasteiger partial charge in [0.2, 0.25) is 0 Å². The zero-order valence-corrected chi connectivity index (χ0v) is 11.3. The molecule has 1 aromatic heterocycles. The second kappa shape index (κ2) is 5.06. The molecule has 0 saturated carbocycles. The molecule has 1 aliphatic heterocycles. The normalized spacial score (nSPS) is 19.1. The number of nitrogens with one attached hydrogen (secondary N) is 1. The van der Waals surface area contributed by atoms with Gasteiger partial charge in [-0.25, -0.2) is 4.68 Å². The lowest BCUT2D eigenvalue weighted by Crippen LogP contribution is -2.18. The van der Waals surface area contributed by atoms with Gasteiger partial charge in [-0.05, 0) is 31.2 Å². The summed E-state index contributed by atoms with van der Waals surface area (Å²) in [7, 11) is 0. The van der Waals surface area contributed by atoms with E-state index in [4.69, 9.17) is 0 Å². The second-order valence-electron chi connectivity index (χ2n) is 4.60. The van der Waals surface area contributed by atoms with Crippen LogP contribution in [0.2, 0.25) is 0 Å². The fourth-order valence-corrected chi connectivity index (χ4v) is 3.40. The van der Waals surface area contributed by atoms with E-state index in [9.17, 15) is 0 Å². The number of benzene rings is 1. The summed E-state index contributed by atoms with van der Waals surface area (Å²) in [5.74, 6) is 2.47. The number of aromatic nitrogens is 2. The summed E-state index contributed by atoms with van der Waals surface area (Å²) in [5.41, 5.74) is 3.45. The van der Waals surface area contributed by atoms with Crippen molar-refractivity contribution in [2.45, 2.75) is 19.4 Å². The molecule has 0 spiro atoms. The van der Waals surface area contributed by atoms with E-state index < -0.39 is 0 Å². The zero-order valence-electron chi connectivity index (χ0n) is 10.5. The third-order valence-corrected chi connectivity index (χ3v) is 4.46. The largest absolute Gasteiger partial charge is 0.379 e. The summed E-state index contributed by atoms with van der Waals surface area (Å²) >= 11 is 2.02. The van der Waals surface area contributed by atoms with Gasteiger partial charge in [0.25, 0.3) is 0 Å². The lowest BCUT2D eigenvalue weighted by Gasteiger charge is -2.12. The molecule has 0 bridgehead atoms. The van der Waals surface area contributed by atoms with Crippen LogP contribution in [0, 0.1) is 6.92 Å². The van der Waals surface area contributed by atoms with Crippen molar-refractivity contribution in [1.82, 2.24) is 9.78 Å². The van der Waals surface area contributed by atoms with Crippen molar-refractivity contribution < 1.29 is 0 Å². The van der Waals surface area contributed by atoms with Crippen molar-refractivity contribution in [2.75, 3.05) is 16.8 Å². The molecule has 0 aliphatic carbocycles. The first-order valence-electron chi connectivity index (χ1n) is 6.29. The maximum atomic E-state index is 4.48. The van der Waals surface area contributed by atoms with Crippen LogP contribution < -0.4 is 5.32 Å². The molecule has 1 atom stereocenters. The topological polar surface area (TPSA) is 29.9 Å². The van der Waals surface area contributed by atoms with Crippen LogP contribution in [0.25, 0.3) is 5.69 Å². The predicted octanol–water partition coefficient (Wildman–Crippen LogP) is 3.10. The molecule has 1 aromatic carbocycles. The number of hydrogen-bond donors (Lipinski definition) is 1. The lowest BCUT2D eigenvalue weighted by molar-refractivity contribution is 0.809. The summed E-state index contributed by atoms with van der Waals surface area (Å²) in [4.78, 5) is 0. The van der Waals surface area contributed by atoms with Gasteiger partial charge in [-0.1, -0.05) is 18.2 Å². The van der Waals surface area contributed by atoms with Gasteiger partial charge >= 0.3 is 0 Å². The van der Waals surface area contributed by atoms with Gasteiger partial charge in [-0.2, -0.15) is 16.9 Å². The van der Waals surface area contributed by atoms with Gasteiger partial charge < -0.3 is 5.32 Å². The third-order valence-electron chi connectivity index (χ3n) is 3.30. The van der Waals surface area contributed by atoms with Crippen LogP contribution in [0.4, 0.5) is 5.69 Å². The molecule has 0 unspecified atom stereocenters. The highest BCUT2D eigenvalue weighted by Crippen LogP contribution is 2.24. The minimum atomic E-state index is 0.599. The molecule has 0 radical (unpaired) electrons. The minimum Gasteiger partial charge on any atom is -0.379 e. The van der Waals surface area contributed by atoms with Crippen LogP contribution in [0.3, 0.4) is 0 Å². The van der Waals surface area contributed by atoms with E-state index in [1.807, 2.05) is 40.8 Å². The van der Waals surface area contributed by atoms with E-state index >= 15 is 0 Å². The standard InChI is InChI=1S/C14H17N3S/c1-11-14(16-12-7-8-18-10-12)9-15-17(11)13-5-3-2-4-6-13/h2-6,9,12,16H,7-8,10H2,1H3/t12-/m0/s1. The van der Waals surface area contributed by atoms with Crippen LogP contribution >= 0.6 is 11.8 Å². The maximum absolute atomic E-state index is 4.48. The zero-order chi connectivity index (χ0) is 12.4. The first-order chi connectivity index (χ1) is 8.84. The quantitative estimate of drug-likeness (QED) is 0.918. The highest BCUT2D eigenvalue weighted by atomic mass is 32.2. The Morgan fingerprint density at radius 2 is 2.17 bits per heavy atom. The van der Waals surface area contributed by atoms with Crippen molar-refractivity contribution in [3.05, 3.63) is 42.2 Å². The predicted molar refractivity (Wildman–Crippen MR) is 77.7 cm³/mol. The number of thioether (sulfide) groups is 1. The van der Waals surface area contributed by atoms with Crippen LogP contribution in [-0.2, 0) is 0 Å². The molecule has 1 saturated heterocycles. The van der Waals surface area contributed by atoms with E-state index in [2.05, 4.69) is 29.5 Å². The SMILES string of the molecule is Cc1c(N[C@H]2CCSC2)cnn1-c1ccccc1. The van der Waals surface area contributed by atoms with Crippen molar-refractivity contribution >= 4 is 17.4 Å². The number of hydrogen-bond acceptors (Lipinski definition) is 3. The molecule has 0 amide bonds. The lowest BCUT2D eigenvalue weighted by atomic mass is 10.2. The smallest absolute Gasteiger partial charge is 0.0763 e. The number of para-hydroxylation sites is 1. The summed E-state index contributed by atoms with van der Waals surface area (Å²) in [6.45, 7) is 2.12. The Labute approximate surface area is 112 Å². The first-order valence-corrected chi connectivity index (χ1v) is 7.44. The summed E-state index contributed by atoms with van der Waals surface area (Å²) in [5, 5.41) is 8.07. The van der Waals surface area contributed by atoms with Crippen molar-refractivity contribution in [2.24, 2.45) is 0 Å². The van der Waals surface area contributed by atoms with E-state index in [-0.39, 0.29) is 0 Å². The minimum absolute atomic E-state index is 0.599. The van der Waals surface area contributed by atoms with Crippen molar-refractivity contribution in [3.63, 3.8) is 0 Å². The molecule has 4 heteroatoms. The van der Waals surface area contributed by atoms with E-state index in [0.29, 0.717) is 6.04 Å². The molecule has 1 aliphatic rings. The Balaban J connectivity index is 1.83. The van der Waals surface area contributed by atoms with Crippen molar-refractivity contribution in [3.8, 4) is 5.69 Å². The monoisotopic (exact) mass is 259 g/mol. The van der Waals surface area contributed by atoms with E-state index in [1.165, 1.54) is 23.6 Å². The van der Waals surface area contributed by atoms with Crippen molar-refractivity contribution in [1.29, 1.82) is 0 Å². The van der Waals surface area contributed by atoms with Gasteiger partial charge in [-0.3, -0.25) is 0 Å². The summed E-state index contributed by atoms with van der Waals surface area (Å²) < 4.78 is 1.99. The summed E-state index contributed by atoms with van der Waals surface area (Å²) in [6.07, 6.45) is 3.19. The number of anilines is 1. The molecule has 3 rings (SSSR count). The maximum Gasteiger partial charge on any atom is 0.0763 e. The molecule has 2 heterocycles. The Hall–Kier alpha value is -1.42. The molecule has 94 valence electrons.